The monoisotopic (exact) mass is 280 g/mol. The molecule has 0 fully saturated rings. The third kappa shape index (κ3) is 3.87. The molecule has 5 nitrogen and oxygen atoms in total. The average molecular weight is 280 g/mol. The lowest BCUT2D eigenvalue weighted by Crippen LogP contribution is -2.35. The lowest BCUT2D eigenvalue weighted by molar-refractivity contribution is 0.0602. The quantitative estimate of drug-likeness (QED) is 0.613. The molecule has 1 unspecified atom stereocenters. The Morgan fingerprint density at radius 2 is 2.10 bits per heavy atom. The first-order valence-electron chi connectivity index (χ1n) is 6.78. The minimum Gasteiger partial charge on any atom is -0.465 e. The maximum Gasteiger partial charge on any atom is 0.340 e. The minimum absolute atomic E-state index is 0.347. The molecule has 1 aromatic carbocycles. The Morgan fingerprint density at radius 1 is 1.40 bits per heavy atom. The van der Waals surface area contributed by atoms with E-state index in [1.807, 2.05) is 6.07 Å². The highest BCUT2D eigenvalue weighted by Crippen LogP contribution is 2.24. The third-order valence-corrected chi connectivity index (χ3v) is 3.43. The molecule has 0 heterocycles. The normalized spacial score (nSPS) is 12.0. The van der Waals surface area contributed by atoms with Crippen molar-refractivity contribution in [2.75, 3.05) is 38.0 Å². The Bertz CT molecular complexity index is 449. The van der Waals surface area contributed by atoms with E-state index in [1.165, 1.54) is 7.11 Å². The molecule has 1 rings (SSSR count). The van der Waals surface area contributed by atoms with Crippen molar-refractivity contribution in [2.45, 2.75) is 26.3 Å². The maximum atomic E-state index is 11.7. The van der Waals surface area contributed by atoms with Crippen molar-refractivity contribution < 1.29 is 14.3 Å². The standard InChI is InChI=1S/C15H24N2O3/c1-5-11(2)17(8-9-19-3)12-6-7-14(16)13(10-12)15(18)20-4/h6-7,10-11H,5,8-9,16H2,1-4H3. The van der Waals surface area contributed by atoms with Crippen molar-refractivity contribution in [3.8, 4) is 0 Å². The van der Waals surface area contributed by atoms with Gasteiger partial charge in [0.05, 0.1) is 19.3 Å². The van der Waals surface area contributed by atoms with Gasteiger partial charge in [0, 0.05) is 31.1 Å². The van der Waals surface area contributed by atoms with Crippen molar-refractivity contribution in [3.63, 3.8) is 0 Å². The Kier molecular flexibility index (Phi) is 6.31. The second-order valence-electron chi connectivity index (χ2n) is 4.71. The van der Waals surface area contributed by atoms with Crippen LogP contribution in [-0.2, 0) is 9.47 Å². The van der Waals surface area contributed by atoms with Crippen LogP contribution in [-0.4, -0.2) is 39.4 Å². The van der Waals surface area contributed by atoms with Gasteiger partial charge in [0.15, 0.2) is 0 Å². The summed E-state index contributed by atoms with van der Waals surface area (Å²) >= 11 is 0. The lowest BCUT2D eigenvalue weighted by atomic mass is 10.1. The molecule has 1 aromatic rings. The third-order valence-electron chi connectivity index (χ3n) is 3.43. The van der Waals surface area contributed by atoms with Crippen molar-refractivity contribution in [1.29, 1.82) is 0 Å². The second kappa shape index (κ2) is 7.75. The highest BCUT2D eigenvalue weighted by molar-refractivity contribution is 5.96. The van der Waals surface area contributed by atoms with Crippen LogP contribution in [0, 0.1) is 0 Å². The summed E-state index contributed by atoms with van der Waals surface area (Å²) in [5.74, 6) is -0.416. The van der Waals surface area contributed by atoms with Crippen LogP contribution in [0.5, 0.6) is 0 Å². The number of carbonyl (C=O) groups excluding carboxylic acids is 1. The molecular weight excluding hydrogens is 256 g/mol. The highest BCUT2D eigenvalue weighted by Gasteiger charge is 2.17. The largest absolute Gasteiger partial charge is 0.465 e. The number of benzene rings is 1. The van der Waals surface area contributed by atoms with E-state index in [-0.39, 0.29) is 0 Å². The molecule has 0 saturated carbocycles. The fourth-order valence-electron chi connectivity index (χ4n) is 2.02. The Balaban J connectivity index is 3.10. The number of ether oxygens (including phenoxy) is 2. The first-order chi connectivity index (χ1) is 9.54. The number of nitrogens with zero attached hydrogens (tertiary/aromatic N) is 1. The summed E-state index contributed by atoms with van der Waals surface area (Å²) in [7, 11) is 3.03. The number of esters is 1. The molecule has 2 N–H and O–H groups in total. The summed E-state index contributed by atoms with van der Waals surface area (Å²) < 4.78 is 9.91. The van der Waals surface area contributed by atoms with Gasteiger partial charge in [0.1, 0.15) is 0 Å². The minimum atomic E-state index is -0.416. The molecule has 0 aliphatic rings. The van der Waals surface area contributed by atoms with Crippen molar-refractivity contribution >= 4 is 17.3 Å². The van der Waals surface area contributed by atoms with Crippen molar-refractivity contribution in [2.24, 2.45) is 0 Å². The highest BCUT2D eigenvalue weighted by atomic mass is 16.5. The van der Waals surface area contributed by atoms with Gasteiger partial charge in [-0.05, 0) is 31.5 Å². The second-order valence-corrected chi connectivity index (χ2v) is 4.71. The van der Waals surface area contributed by atoms with E-state index in [0.29, 0.717) is 23.9 Å². The zero-order valence-electron chi connectivity index (χ0n) is 12.7. The molecule has 0 spiro atoms. The van der Waals surface area contributed by atoms with Gasteiger partial charge in [-0.25, -0.2) is 4.79 Å². The Labute approximate surface area is 120 Å². The predicted octanol–water partition coefficient (Wildman–Crippen LogP) is 2.31. The van der Waals surface area contributed by atoms with Crippen LogP contribution < -0.4 is 10.6 Å². The van der Waals surface area contributed by atoms with Crippen LogP contribution >= 0.6 is 0 Å². The van der Waals surface area contributed by atoms with Crippen LogP contribution in [0.4, 0.5) is 11.4 Å². The van der Waals surface area contributed by atoms with Crippen LogP contribution in [0.15, 0.2) is 18.2 Å². The van der Waals surface area contributed by atoms with Gasteiger partial charge in [-0.15, -0.1) is 0 Å². The van der Waals surface area contributed by atoms with Gasteiger partial charge in [-0.3, -0.25) is 0 Å². The molecule has 1 atom stereocenters. The molecule has 0 saturated heterocycles. The first kappa shape index (κ1) is 16.3. The van der Waals surface area contributed by atoms with E-state index >= 15 is 0 Å². The number of hydrogen-bond acceptors (Lipinski definition) is 5. The van der Waals surface area contributed by atoms with E-state index in [4.69, 9.17) is 15.2 Å². The SMILES string of the molecule is CCC(C)N(CCOC)c1ccc(N)c(C(=O)OC)c1. The summed E-state index contributed by atoms with van der Waals surface area (Å²) in [6.07, 6.45) is 1.00. The van der Waals surface area contributed by atoms with E-state index < -0.39 is 5.97 Å². The zero-order chi connectivity index (χ0) is 15.1. The number of methoxy groups -OCH3 is 2. The smallest absolute Gasteiger partial charge is 0.340 e. The van der Waals surface area contributed by atoms with Gasteiger partial charge in [0.2, 0.25) is 0 Å². The summed E-state index contributed by atoms with van der Waals surface area (Å²) in [5, 5.41) is 0. The van der Waals surface area contributed by atoms with Crippen molar-refractivity contribution in [1.82, 2.24) is 0 Å². The lowest BCUT2D eigenvalue weighted by Gasteiger charge is -2.31. The number of rotatable bonds is 7. The Hall–Kier alpha value is -1.75. The molecule has 0 aliphatic carbocycles. The molecule has 0 aliphatic heterocycles. The molecule has 5 heteroatoms. The fourth-order valence-corrected chi connectivity index (χ4v) is 2.02. The van der Waals surface area contributed by atoms with Crippen LogP contribution in [0.25, 0.3) is 0 Å². The number of anilines is 2. The number of carbonyl (C=O) groups is 1. The molecule has 0 radical (unpaired) electrons. The van der Waals surface area contributed by atoms with E-state index in [0.717, 1.165) is 18.7 Å². The molecule has 20 heavy (non-hydrogen) atoms. The first-order valence-corrected chi connectivity index (χ1v) is 6.78. The number of nitrogen functional groups attached to an aromatic ring is 1. The number of hydrogen-bond donors (Lipinski definition) is 1. The van der Waals surface area contributed by atoms with Crippen molar-refractivity contribution in [3.05, 3.63) is 23.8 Å². The van der Waals surface area contributed by atoms with Crippen LogP contribution in [0.3, 0.4) is 0 Å². The fraction of sp³-hybridized carbons (Fsp3) is 0.533. The van der Waals surface area contributed by atoms with Gasteiger partial charge < -0.3 is 20.1 Å². The van der Waals surface area contributed by atoms with E-state index in [1.54, 1.807) is 19.2 Å². The summed E-state index contributed by atoms with van der Waals surface area (Å²) in [6.45, 7) is 5.66. The Morgan fingerprint density at radius 3 is 2.65 bits per heavy atom. The molecule has 0 aromatic heterocycles. The molecule has 0 bridgehead atoms. The molecular formula is C15H24N2O3. The summed E-state index contributed by atoms with van der Waals surface area (Å²) in [6, 6.07) is 5.79. The van der Waals surface area contributed by atoms with E-state index in [2.05, 4.69) is 18.7 Å². The number of nitrogens with two attached hydrogens (primary N) is 1. The van der Waals surface area contributed by atoms with Crippen LogP contribution in [0.1, 0.15) is 30.6 Å². The van der Waals surface area contributed by atoms with Crippen LogP contribution in [0.2, 0.25) is 0 Å². The van der Waals surface area contributed by atoms with Gasteiger partial charge >= 0.3 is 5.97 Å². The average Bonchev–Trinajstić information content (AvgIpc) is 2.47. The zero-order valence-corrected chi connectivity index (χ0v) is 12.7. The van der Waals surface area contributed by atoms with Gasteiger partial charge in [0.25, 0.3) is 0 Å². The molecule has 112 valence electrons. The summed E-state index contributed by atoms with van der Waals surface area (Å²) in [5.41, 5.74) is 7.61. The van der Waals surface area contributed by atoms with E-state index in [9.17, 15) is 4.79 Å². The predicted molar refractivity (Wildman–Crippen MR) is 81.2 cm³/mol. The van der Waals surface area contributed by atoms with Gasteiger partial charge in [-0.1, -0.05) is 6.92 Å². The summed E-state index contributed by atoms with van der Waals surface area (Å²) in [4.78, 5) is 13.9. The maximum absolute atomic E-state index is 11.7. The topological polar surface area (TPSA) is 64.8 Å². The van der Waals surface area contributed by atoms with Gasteiger partial charge in [-0.2, -0.15) is 0 Å². The molecule has 0 amide bonds.